The van der Waals surface area contributed by atoms with E-state index in [1.54, 1.807) is 0 Å². The van der Waals surface area contributed by atoms with Crippen molar-refractivity contribution in [3.63, 3.8) is 0 Å². The number of ether oxygens (including phenoxy) is 2. The van der Waals surface area contributed by atoms with Crippen LogP contribution in [-0.2, 0) is 16.2 Å². The zero-order valence-electron chi connectivity index (χ0n) is 35.8. The van der Waals surface area contributed by atoms with Gasteiger partial charge in [0.1, 0.15) is 23.0 Å². The van der Waals surface area contributed by atoms with Crippen molar-refractivity contribution >= 4 is 44.6 Å². The summed E-state index contributed by atoms with van der Waals surface area (Å²) in [4.78, 5) is 0. The van der Waals surface area contributed by atoms with E-state index < -0.39 is 0 Å². The minimum atomic E-state index is -0.00149. The summed E-state index contributed by atoms with van der Waals surface area (Å²) >= 11 is 0. The first-order valence-electron chi connectivity index (χ1n) is 21.1. The molecule has 8 aromatic carbocycles. The molecule has 2 heterocycles. The predicted octanol–water partition coefficient (Wildman–Crippen LogP) is 13.6. The molecule has 290 valence electrons. The van der Waals surface area contributed by atoms with Gasteiger partial charge >= 0.3 is 0 Å². The molecular formula is C56H51BO2. The fourth-order valence-corrected chi connectivity index (χ4v) is 9.35. The van der Waals surface area contributed by atoms with Crippen molar-refractivity contribution in [3.8, 4) is 56.4 Å². The van der Waals surface area contributed by atoms with Crippen LogP contribution in [0.25, 0.3) is 54.9 Å². The molecule has 2 nitrogen and oxygen atoms in total. The molecule has 10 rings (SSSR count). The van der Waals surface area contributed by atoms with Crippen molar-refractivity contribution in [1.29, 1.82) is 0 Å². The van der Waals surface area contributed by atoms with Crippen molar-refractivity contribution in [2.45, 2.75) is 78.6 Å². The van der Waals surface area contributed by atoms with Crippen molar-refractivity contribution < 1.29 is 9.47 Å². The molecule has 0 aliphatic carbocycles. The van der Waals surface area contributed by atoms with Crippen LogP contribution in [0.3, 0.4) is 0 Å². The van der Waals surface area contributed by atoms with Crippen LogP contribution in [0, 0.1) is 0 Å². The average molecular weight is 767 g/mol. The van der Waals surface area contributed by atoms with E-state index in [2.05, 4.69) is 208 Å². The van der Waals surface area contributed by atoms with Gasteiger partial charge in [-0.2, -0.15) is 0 Å². The van der Waals surface area contributed by atoms with Gasteiger partial charge in [0, 0.05) is 5.46 Å². The highest BCUT2D eigenvalue weighted by Crippen LogP contribution is 2.46. The van der Waals surface area contributed by atoms with E-state index in [9.17, 15) is 0 Å². The van der Waals surface area contributed by atoms with Crippen molar-refractivity contribution in [2.24, 2.45) is 0 Å². The van der Waals surface area contributed by atoms with Gasteiger partial charge in [0.15, 0.2) is 0 Å². The van der Waals surface area contributed by atoms with E-state index in [4.69, 9.17) is 9.47 Å². The summed E-state index contributed by atoms with van der Waals surface area (Å²) in [5, 5.41) is 4.99. The number of benzene rings is 8. The summed E-state index contributed by atoms with van der Waals surface area (Å²) in [6.45, 7) is 20.5. The van der Waals surface area contributed by atoms with Gasteiger partial charge in [-0.25, -0.2) is 0 Å². The van der Waals surface area contributed by atoms with Gasteiger partial charge < -0.3 is 9.47 Å². The van der Waals surface area contributed by atoms with Gasteiger partial charge in [-0.1, -0.05) is 178 Å². The van der Waals surface area contributed by atoms with Crippen LogP contribution < -0.4 is 25.9 Å². The molecule has 0 N–H and O–H groups in total. The largest absolute Gasteiger partial charge is 0.458 e. The first-order valence-corrected chi connectivity index (χ1v) is 21.1. The van der Waals surface area contributed by atoms with E-state index in [0.29, 0.717) is 0 Å². The fourth-order valence-electron chi connectivity index (χ4n) is 9.35. The van der Waals surface area contributed by atoms with Gasteiger partial charge in [-0.05, 0) is 129 Å². The molecular weight excluding hydrogens is 715 g/mol. The maximum atomic E-state index is 6.90. The standard InChI is InChI=1S/C56H51BO2/c1-54(2,3)38-23-21-34(22-24-38)51-41-17-10-12-19-43(41)52(44-20-13-11-18-42(44)51)36-16-14-15-35(29-36)37-30-49-53-50(31-37)59-48-28-26-40(56(7,8)9)33-46(48)57(53)45-32-39(55(4,5)6)25-27-47(45)58-49/h10-33H,1-9H3. The second kappa shape index (κ2) is 13.2. The minimum Gasteiger partial charge on any atom is -0.458 e. The van der Waals surface area contributed by atoms with Crippen molar-refractivity contribution in [2.75, 3.05) is 0 Å². The molecule has 2 aliphatic heterocycles. The average Bonchev–Trinajstić information content (AvgIpc) is 3.21. The summed E-state index contributed by atoms with van der Waals surface area (Å²) < 4.78 is 13.8. The summed E-state index contributed by atoms with van der Waals surface area (Å²) in [7, 11) is 0. The SMILES string of the molecule is CC(C)(C)c1ccc(-c2c3ccccc3c(-c3cccc(-c4cc5c6c(c4)Oc4ccc(C(C)(C)C)cc4B6c4cc(C(C)(C)C)ccc4O5)c3)c3ccccc23)cc1. The highest BCUT2D eigenvalue weighted by molar-refractivity contribution is 6.98. The lowest BCUT2D eigenvalue weighted by molar-refractivity contribution is 0.464. The lowest BCUT2D eigenvalue weighted by Gasteiger charge is -2.35. The topological polar surface area (TPSA) is 18.5 Å². The van der Waals surface area contributed by atoms with Crippen LogP contribution in [0.15, 0.2) is 146 Å². The van der Waals surface area contributed by atoms with Gasteiger partial charge in [-0.15, -0.1) is 0 Å². The summed E-state index contributed by atoms with van der Waals surface area (Å²) in [6.07, 6.45) is 0. The molecule has 3 heteroatoms. The molecule has 0 fully saturated rings. The minimum absolute atomic E-state index is 0.00149. The number of hydrogen-bond donors (Lipinski definition) is 0. The molecule has 8 aromatic rings. The molecule has 0 unspecified atom stereocenters. The maximum Gasteiger partial charge on any atom is 0.260 e. The third kappa shape index (κ3) is 6.25. The van der Waals surface area contributed by atoms with E-state index in [1.807, 2.05) is 0 Å². The first kappa shape index (κ1) is 37.2. The monoisotopic (exact) mass is 766 g/mol. The smallest absolute Gasteiger partial charge is 0.260 e. The Morgan fingerprint density at radius 3 is 1.22 bits per heavy atom. The molecule has 0 bridgehead atoms. The summed E-state index contributed by atoms with van der Waals surface area (Å²) in [5.74, 6) is 3.53. The van der Waals surface area contributed by atoms with Crippen LogP contribution in [0.2, 0.25) is 0 Å². The Bertz CT molecular complexity index is 2840. The second-order valence-electron chi connectivity index (χ2n) is 19.8. The molecule has 0 atom stereocenters. The van der Waals surface area contributed by atoms with Gasteiger partial charge in [0.25, 0.3) is 6.71 Å². The summed E-state index contributed by atoms with van der Waals surface area (Å²) in [5.41, 5.74) is 14.6. The van der Waals surface area contributed by atoms with Crippen LogP contribution in [0.4, 0.5) is 0 Å². The number of fused-ring (bicyclic) bond motifs is 6. The highest BCUT2D eigenvalue weighted by atomic mass is 16.5. The third-order valence-electron chi connectivity index (χ3n) is 12.7. The van der Waals surface area contributed by atoms with Crippen LogP contribution in [0.1, 0.15) is 79.0 Å². The van der Waals surface area contributed by atoms with Gasteiger partial charge in [0.2, 0.25) is 0 Å². The Hall–Kier alpha value is -6.06. The maximum absolute atomic E-state index is 6.90. The van der Waals surface area contributed by atoms with Gasteiger partial charge in [0.05, 0.1) is 0 Å². The van der Waals surface area contributed by atoms with E-state index in [-0.39, 0.29) is 23.0 Å². The molecule has 2 aliphatic rings. The highest BCUT2D eigenvalue weighted by Gasteiger charge is 2.41. The van der Waals surface area contributed by atoms with Crippen molar-refractivity contribution in [3.05, 3.63) is 162 Å². The molecule has 0 radical (unpaired) electrons. The Balaban J connectivity index is 1.13. The molecule has 0 aromatic heterocycles. The van der Waals surface area contributed by atoms with Crippen molar-refractivity contribution in [1.82, 2.24) is 0 Å². The molecule has 0 amide bonds. The Morgan fingerprint density at radius 1 is 0.339 bits per heavy atom. The summed E-state index contributed by atoms with van der Waals surface area (Å²) in [6, 6.07) is 54.0. The predicted molar refractivity (Wildman–Crippen MR) is 252 cm³/mol. The Labute approximate surface area is 349 Å². The zero-order valence-corrected chi connectivity index (χ0v) is 35.8. The molecule has 0 saturated heterocycles. The lowest BCUT2D eigenvalue weighted by Crippen LogP contribution is -2.57. The van der Waals surface area contributed by atoms with Crippen LogP contribution in [-0.4, -0.2) is 6.71 Å². The molecule has 0 spiro atoms. The van der Waals surface area contributed by atoms with E-state index >= 15 is 0 Å². The van der Waals surface area contributed by atoms with Gasteiger partial charge in [-0.3, -0.25) is 0 Å². The lowest BCUT2D eigenvalue weighted by atomic mass is 9.34. The quantitative estimate of drug-likeness (QED) is 0.132. The third-order valence-corrected chi connectivity index (χ3v) is 12.7. The second-order valence-corrected chi connectivity index (χ2v) is 19.8. The van der Waals surface area contributed by atoms with Crippen LogP contribution >= 0.6 is 0 Å². The molecule has 0 saturated carbocycles. The Morgan fingerprint density at radius 2 is 0.763 bits per heavy atom. The first-order chi connectivity index (χ1) is 28.1. The molecule has 59 heavy (non-hydrogen) atoms. The normalized spacial score (nSPS) is 13.4. The number of hydrogen-bond acceptors (Lipinski definition) is 2. The Kier molecular flexibility index (Phi) is 8.35. The van der Waals surface area contributed by atoms with E-state index in [0.717, 1.165) is 39.6 Å². The van der Waals surface area contributed by atoms with E-state index in [1.165, 1.54) is 71.4 Å². The fraction of sp³-hybridized carbons (Fsp3) is 0.214. The number of rotatable bonds is 3. The zero-order chi connectivity index (χ0) is 41.0. The van der Waals surface area contributed by atoms with Crippen LogP contribution in [0.5, 0.6) is 23.0 Å².